The SMILES string of the molecule is CN1C(=O)[C@@H](NC(=O)c2nc3n(n2)[C@@H](c2ccccc2)CCC3)COc2ccccc21.CN1C(=O)[C@@H](NC(=O)c2nc3n(n2)[C@H](c2ccccc2)CCC3)COc2ccccc21. The Kier molecular flexibility index (Phi) is 11.2. The van der Waals surface area contributed by atoms with E-state index in [0.29, 0.717) is 22.9 Å². The van der Waals surface area contributed by atoms with Crippen LogP contribution in [0.4, 0.5) is 11.4 Å². The second kappa shape index (κ2) is 17.3. The number of hydrogen-bond donors (Lipinski definition) is 2. The minimum atomic E-state index is -0.824. The summed E-state index contributed by atoms with van der Waals surface area (Å²) >= 11 is 0. The van der Waals surface area contributed by atoms with Crippen LogP contribution in [0.15, 0.2) is 109 Å². The molecule has 0 unspecified atom stereocenters. The zero-order valence-corrected chi connectivity index (χ0v) is 34.4. The first-order valence-electron chi connectivity index (χ1n) is 20.8. The number of aryl methyl sites for hydroxylation is 2. The zero-order valence-electron chi connectivity index (χ0n) is 34.4. The molecule has 0 bridgehead atoms. The van der Waals surface area contributed by atoms with Gasteiger partial charge in [-0.1, -0.05) is 84.9 Å². The molecule has 0 spiro atoms. The molecule has 0 aliphatic carbocycles. The van der Waals surface area contributed by atoms with Gasteiger partial charge >= 0.3 is 0 Å². The highest BCUT2D eigenvalue weighted by molar-refractivity contribution is 6.03. The topological polar surface area (TPSA) is 179 Å². The maximum absolute atomic E-state index is 12.9. The van der Waals surface area contributed by atoms with Gasteiger partial charge in [0.1, 0.15) is 48.4 Å². The Bertz CT molecular complexity index is 2430. The number of anilines is 2. The van der Waals surface area contributed by atoms with Gasteiger partial charge < -0.3 is 29.9 Å². The standard InChI is InChI=1S/2C23H23N5O3/c2*1-27-18-10-5-6-12-19(18)31-14-16(23(27)30)24-22(29)21-25-20-13-7-11-17(28(20)26-21)15-8-3-2-4-9-15/h2*2-6,8-10,12,16-17H,7,11,13-14H2,1H3,(H,24,29)/t16-,17+;16-,17-/m00/s1. The van der Waals surface area contributed by atoms with Crippen LogP contribution in [-0.4, -0.2) is 92.6 Å². The van der Waals surface area contributed by atoms with Crippen molar-refractivity contribution in [3.8, 4) is 11.5 Å². The van der Waals surface area contributed by atoms with Crippen LogP contribution < -0.4 is 29.9 Å². The van der Waals surface area contributed by atoms with Gasteiger partial charge in [0.05, 0.1) is 23.5 Å². The van der Waals surface area contributed by atoms with E-state index in [0.717, 1.165) is 61.3 Å². The average Bonchev–Trinajstić information content (AvgIpc) is 3.92. The number of amides is 4. The predicted molar refractivity (Wildman–Crippen MR) is 228 cm³/mol. The smallest absolute Gasteiger partial charge is 0.291 e. The summed E-state index contributed by atoms with van der Waals surface area (Å²) in [6.07, 6.45) is 5.40. The highest BCUT2D eigenvalue weighted by atomic mass is 16.5. The number of rotatable bonds is 6. The summed E-state index contributed by atoms with van der Waals surface area (Å²) in [4.78, 5) is 63.6. The summed E-state index contributed by atoms with van der Waals surface area (Å²) in [5, 5.41) is 14.5. The van der Waals surface area contributed by atoms with Crippen LogP contribution in [-0.2, 0) is 22.4 Å². The fourth-order valence-electron chi connectivity index (χ4n) is 8.42. The van der Waals surface area contributed by atoms with Crippen molar-refractivity contribution in [2.75, 3.05) is 37.1 Å². The molecule has 2 N–H and O–H groups in total. The Hall–Kier alpha value is -7.36. The highest BCUT2D eigenvalue weighted by Crippen LogP contribution is 2.33. The molecular formula is C46H46N10O6. The fourth-order valence-corrected chi connectivity index (χ4v) is 8.42. The van der Waals surface area contributed by atoms with Gasteiger partial charge in [0.2, 0.25) is 11.6 Å². The van der Waals surface area contributed by atoms with Crippen LogP contribution in [0, 0.1) is 0 Å². The van der Waals surface area contributed by atoms with Gasteiger partial charge in [-0.3, -0.25) is 19.2 Å². The van der Waals surface area contributed by atoms with E-state index >= 15 is 0 Å². The molecule has 6 aromatic rings. The van der Waals surface area contributed by atoms with Gasteiger partial charge in [0.15, 0.2) is 0 Å². The Balaban J connectivity index is 0.000000158. The fraction of sp³-hybridized carbons (Fsp3) is 0.304. The lowest BCUT2D eigenvalue weighted by molar-refractivity contribution is -0.121. The van der Waals surface area contributed by atoms with Crippen LogP contribution in [0.5, 0.6) is 11.5 Å². The lowest BCUT2D eigenvalue weighted by atomic mass is 9.98. The number of hydrogen-bond acceptors (Lipinski definition) is 10. The summed E-state index contributed by atoms with van der Waals surface area (Å²) in [5.41, 5.74) is 3.63. The molecule has 0 saturated carbocycles. The van der Waals surface area contributed by atoms with Crippen molar-refractivity contribution in [1.82, 2.24) is 40.2 Å². The molecule has 4 aliphatic rings. The van der Waals surface area contributed by atoms with E-state index in [9.17, 15) is 19.2 Å². The number of ether oxygens (including phenoxy) is 2. The van der Waals surface area contributed by atoms with Crippen LogP contribution in [0.1, 0.15) is 81.8 Å². The summed E-state index contributed by atoms with van der Waals surface area (Å²) in [6.45, 7) is 0.0955. The Morgan fingerprint density at radius 3 is 1.37 bits per heavy atom. The molecule has 10 rings (SSSR count). The number of para-hydroxylation sites is 4. The minimum absolute atomic E-state index is 0.0478. The van der Waals surface area contributed by atoms with E-state index < -0.39 is 23.9 Å². The number of carbonyl (C=O) groups excluding carboxylic acids is 4. The van der Waals surface area contributed by atoms with E-state index in [4.69, 9.17) is 9.47 Å². The molecule has 2 aromatic heterocycles. The normalized spacial score (nSPS) is 20.3. The van der Waals surface area contributed by atoms with E-state index in [-0.39, 0.29) is 48.8 Å². The molecule has 16 heteroatoms. The van der Waals surface area contributed by atoms with E-state index in [2.05, 4.69) is 55.1 Å². The van der Waals surface area contributed by atoms with Crippen molar-refractivity contribution in [1.29, 1.82) is 0 Å². The predicted octanol–water partition coefficient (Wildman–Crippen LogP) is 4.72. The molecule has 0 saturated heterocycles. The van der Waals surface area contributed by atoms with Crippen molar-refractivity contribution in [2.24, 2.45) is 0 Å². The third kappa shape index (κ3) is 7.98. The second-order valence-electron chi connectivity index (χ2n) is 15.6. The van der Waals surface area contributed by atoms with E-state index in [1.54, 1.807) is 26.2 Å². The van der Waals surface area contributed by atoms with Crippen LogP contribution in [0.2, 0.25) is 0 Å². The number of nitrogens with zero attached hydrogens (tertiary/aromatic N) is 8. The lowest BCUT2D eigenvalue weighted by Crippen LogP contribution is -2.49. The summed E-state index contributed by atoms with van der Waals surface area (Å²) in [5.74, 6) is 1.51. The molecule has 4 amide bonds. The van der Waals surface area contributed by atoms with Crippen molar-refractivity contribution in [3.05, 3.63) is 144 Å². The number of fused-ring (bicyclic) bond motifs is 4. The molecule has 0 fully saturated rings. The molecule has 62 heavy (non-hydrogen) atoms. The van der Waals surface area contributed by atoms with Gasteiger partial charge in [-0.2, -0.15) is 0 Å². The van der Waals surface area contributed by atoms with Gasteiger partial charge in [-0.05, 0) is 61.1 Å². The molecular weight excluding hydrogens is 789 g/mol. The second-order valence-corrected chi connectivity index (χ2v) is 15.6. The van der Waals surface area contributed by atoms with Crippen LogP contribution in [0.25, 0.3) is 0 Å². The maximum atomic E-state index is 12.9. The maximum Gasteiger partial charge on any atom is 0.291 e. The van der Waals surface area contributed by atoms with Gasteiger partial charge in [0, 0.05) is 26.9 Å². The highest BCUT2D eigenvalue weighted by Gasteiger charge is 2.35. The van der Waals surface area contributed by atoms with Crippen molar-refractivity contribution >= 4 is 35.0 Å². The Morgan fingerprint density at radius 2 is 0.952 bits per heavy atom. The van der Waals surface area contributed by atoms with Gasteiger partial charge in [0.25, 0.3) is 23.6 Å². The number of carbonyl (C=O) groups is 4. The molecule has 0 radical (unpaired) electrons. The summed E-state index contributed by atoms with van der Waals surface area (Å²) in [7, 11) is 3.35. The molecule has 16 nitrogen and oxygen atoms in total. The Morgan fingerprint density at radius 1 is 0.565 bits per heavy atom. The van der Waals surface area contributed by atoms with Crippen LogP contribution in [0.3, 0.4) is 0 Å². The summed E-state index contributed by atoms with van der Waals surface area (Å²) < 4.78 is 15.2. The number of nitrogens with one attached hydrogen (secondary N) is 2. The van der Waals surface area contributed by atoms with Crippen molar-refractivity contribution in [2.45, 2.75) is 62.7 Å². The number of aromatic nitrogens is 6. The molecule has 6 heterocycles. The Labute approximate surface area is 357 Å². The van der Waals surface area contributed by atoms with Crippen LogP contribution >= 0.6 is 0 Å². The van der Waals surface area contributed by atoms with Gasteiger partial charge in [-0.25, -0.2) is 19.3 Å². The van der Waals surface area contributed by atoms with Crippen molar-refractivity contribution < 1.29 is 28.7 Å². The zero-order chi connectivity index (χ0) is 42.7. The largest absolute Gasteiger partial charge is 0.489 e. The third-order valence-electron chi connectivity index (χ3n) is 11.7. The first-order chi connectivity index (χ1) is 30.2. The van der Waals surface area contributed by atoms with E-state index in [1.165, 1.54) is 9.80 Å². The molecule has 4 aromatic carbocycles. The summed E-state index contributed by atoms with van der Waals surface area (Å²) in [6, 6.07) is 33.3. The third-order valence-corrected chi connectivity index (χ3v) is 11.7. The molecule has 316 valence electrons. The number of likely N-dealkylation sites (N-methyl/N-ethyl adjacent to an activating group) is 2. The molecule has 4 aliphatic heterocycles. The molecule has 4 atom stereocenters. The van der Waals surface area contributed by atoms with Crippen molar-refractivity contribution in [3.63, 3.8) is 0 Å². The first kappa shape index (κ1) is 40.1. The monoisotopic (exact) mass is 834 g/mol. The average molecular weight is 835 g/mol. The first-order valence-corrected chi connectivity index (χ1v) is 20.8. The quantitative estimate of drug-likeness (QED) is 0.239. The number of benzene rings is 4. The van der Waals surface area contributed by atoms with Gasteiger partial charge in [-0.15, -0.1) is 10.2 Å². The lowest BCUT2D eigenvalue weighted by Gasteiger charge is -2.23. The van der Waals surface area contributed by atoms with E-state index in [1.807, 2.05) is 82.2 Å². The minimum Gasteiger partial charge on any atom is -0.489 e.